The third kappa shape index (κ3) is 2.06. The zero-order valence-electron chi connectivity index (χ0n) is 8.47. The number of fused-ring (bicyclic) bond motifs is 1. The van der Waals surface area contributed by atoms with Gasteiger partial charge in [-0.05, 0) is 31.6 Å². The minimum absolute atomic E-state index is 0.862. The molecule has 0 aromatic carbocycles. The van der Waals surface area contributed by atoms with Crippen LogP contribution in [0.15, 0.2) is 0 Å². The van der Waals surface area contributed by atoms with Crippen LogP contribution >= 0.6 is 0 Å². The SMILES string of the molecule is CC#CCCNC1C2CCCCC21. The van der Waals surface area contributed by atoms with Crippen LogP contribution in [0.25, 0.3) is 0 Å². The number of hydrogen-bond donors (Lipinski definition) is 1. The first kappa shape index (κ1) is 9.09. The maximum Gasteiger partial charge on any atom is 0.0214 e. The van der Waals surface area contributed by atoms with Crippen LogP contribution in [0.4, 0.5) is 0 Å². The highest BCUT2D eigenvalue weighted by atomic mass is 15.0. The summed E-state index contributed by atoms with van der Waals surface area (Å²) in [5, 5.41) is 3.63. The van der Waals surface area contributed by atoms with Gasteiger partial charge < -0.3 is 5.32 Å². The van der Waals surface area contributed by atoms with Gasteiger partial charge in [-0.15, -0.1) is 11.8 Å². The summed E-state index contributed by atoms with van der Waals surface area (Å²) < 4.78 is 0. The summed E-state index contributed by atoms with van der Waals surface area (Å²) >= 11 is 0. The first-order valence-corrected chi connectivity index (χ1v) is 5.56. The lowest BCUT2D eigenvalue weighted by molar-refractivity contribution is 0.480. The fourth-order valence-electron chi connectivity index (χ4n) is 2.72. The average molecular weight is 177 g/mol. The molecule has 2 unspecified atom stereocenters. The predicted molar refractivity (Wildman–Crippen MR) is 55.3 cm³/mol. The zero-order chi connectivity index (χ0) is 9.10. The van der Waals surface area contributed by atoms with Crippen molar-refractivity contribution in [3.05, 3.63) is 0 Å². The standard InChI is InChI=1S/C12H19N/c1-2-3-6-9-13-12-10-7-4-5-8-11(10)12/h10-13H,4-9H2,1H3. The number of nitrogens with one attached hydrogen (secondary N) is 1. The summed E-state index contributed by atoms with van der Waals surface area (Å²) in [5.41, 5.74) is 0. The Balaban J connectivity index is 1.63. The molecule has 13 heavy (non-hydrogen) atoms. The molecular formula is C12H19N. The van der Waals surface area contributed by atoms with Crippen LogP contribution < -0.4 is 5.32 Å². The maximum atomic E-state index is 3.63. The summed E-state index contributed by atoms with van der Waals surface area (Å²) in [6.45, 7) is 3.01. The molecule has 0 radical (unpaired) electrons. The number of hydrogen-bond acceptors (Lipinski definition) is 1. The van der Waals surface area contributed by atoms with Crippen molar-refractivity contribution < 1.29 is 0 Å². The van der Waals surface area contributed by atoms with Gasteiger partial charge in [0.2, 0.25) is 0 Å². The van der Waals surface area contributed by atoms with E-state index in [1.54, 1.807) is 0 Å². The third-order valence-corrected chi connectivity index (χ3v) is 3.46. The normalized spacial score (nSPS) is 35.9. The molecule has 2 saturated carbocycles. The van der Waals surface area contributed by atoms with Gasteiger partial charge in [-0.3, -0.25) is 0 Å². The first-order chi connectivity index (χ1) is 6.43. The highest BCUT2D eigenvalue weighted by Gasteiger charge is 2.49. The van der Waals surface area contributed by atoms with Crippen molar-refractivity contribution in [3.63, 3.8) is 0 Å². The van der Waals surface area contributed by atoms with Crippen LogP contribution in [0, 0.1) is 23.7 Å². The first-order valence-electron chi connectivity index (χ1n) is 5.56. The van der Waals surface area contributed by atoms with Gasteiger partial charge in [-0.25, -0.2) is 0 Å². The molecular weight excluding hydrogens is 158 g/mol. The van der Waals surface area contributed by atoms with Gasteiger partial charge in [-0.2, -0.15) is 0 Å². The second-order valence-corrected chi connectivity index (χ2v) is 4.27. The van der Waals surface area contributed by atoms with Crippen molar-refractivity contribution in [3.8, 4) is 11.8 Å². The fraction of sp³-hybridized carbons (Fsp3) is 0.833. The Morgan fingerprint density at radius 3 is 2.54 bits per heavy atom. The molecule has 0 heterocycles. The Morgan fingerprint density at radius 2 is 1.92 bits per heavy atom. The molecule has 0 amide bonds. The predicted octanol–water partition coefficient (Wildman–Crippen LogP) is 2.18. The second-order valence-electron chi connectivity index (χ2n) is 4.27. The molecule has 2 fully saturated rings. The monoisotopic (exact) mass is 177 g/mol. The van der Waals surface area contributed by atoms with E-state index in [2.05, 4.69) is 17.2 Å². The van der Waals surface area contributed by atoms with Crippen LogP contribution in [-0.4, -0.2) is 12.6 Å². The smallest absolute Gasteiger partial charge is 0.0214 e. The van der Waals surface area contributed by atoms with Crippen molar-refractivity contribution in [2.24, 2.45) is 11.8 Å². The number of rotatable bonds is 3. The van der Waals surface area contributed by atoms with E-state index in [0.29, 0.717) is 0 Å². The molecule has 2 atom stereocenters. The summed E-state index contributed by atoms with van der Waals surface area (Å²) in [7, 11) is 0. The minimum Gasteiger partial charge on any atom is -0.312 e. The third-order valence-electron chi connectivity index (χ3n) is 3.46. The van der Waals surface area contributed by atoms with E-state index in [1.165, 1.54) is 25.7 Å². The van der Waals surface area contributed by atoms with Gasteiger partial charge in [0, 0.05) is 19.0 Å². The molecule has 0 aliphatic heterocycles. The van der Waals surface area contributed by atoms with Gasteiger partial charge >= 0.3 is 0 Å². The Morgan fingerprint density at radius 1 is 1.23 bits per heavy atom. The van der Waals surface area contributed by atoms with E-state index >= 15 is 0 Å². The molecule has 0 spiro atoms. The molecule has 1 nitrogen and oxygen atoms in total. The van der Waals surface area contributed by atoms with E-state index in [0.717, 1.165) is 30.8 Å². The lowest BCUT2D eigenvalue weighted by Gasteiger charge is -2.04. The Hall–Kier alpha value is -0.480. The van der Waals surface area contributed by atoms with Gasteiger partial charge in [0.25, 0.3) is 0 Å². The molecule has 1 heteroatoms. The van der Waals surface area contributed by atoms with Crippen molar-refractivity contribution in [1.29, 1.82) is 0 Å². The molecule has 0 bridgehead atoms. The summed E-state index contributed by atoms with van der Waals surface area (Å²) in [4.78, 5) is 0. The van der Waals surface area contributed by atoms with Gasteiger partial charge in [0.1, 0.15) is 0 Å². The highest BCUT2D eigenvalue weighted by molar-refractivity contribution is 5.05. The van der Waals surface area contributed by atoms with Crippen molar-refractivity contribution in [1.82, 2.24) is 5.32 Å². The van der Waals surface area contributed by atoms with Crippen molar-refractivity contribution >= 4 is 0 Å². The van der Waals surface area contributed by atoms with E-state index in [4.69, 9.17) is 0 Å². The molecule has 72 valence electrons. The molecule has 1 N–H and O–H groups in total. The van der Waals surface area contributed by atoms with Crippen LogP contribution in [0.5, 0.6) is 0 Å². The topological polar surface area (TPSA) is 12.0 Å². The zero-order valence-corrected chi connectivity index (χ0v) is 8.47. The Labute approximate surface area is 81.3 Å². The van der Waals surface area contributed by atoms with E-state index < -0.39 is 0 Å². The van der Waals surface area contributed by atoms with Crippen molar-refractivity contribution in [2.45, 2.75) is 45.1 Å². The molecule has 0 saturated heterocycles. The van der Waals surface area contributed by atoms with Crippen molar-refractivity contribution in [2.75, 3.05) is 6.54 Å². The molecule has 0 aromatic heterocycles. The minimum atomic E-state index is 0.862. The lowest BCUT2D eigenvalue weighted by atomic mass is 10.0. The van der Waals surface area contributed by atoms with E-state index in [-0.39, 0.29) is 0 Å². The maximum absolute atomic E-state index is 3.63. The van der Waals surface area contributed by atoms with Crippen LogP contribution in [0.1, 0.15) is 39.0 Å². The molecule has 0 aromatic rings. The molecule has 2 aliphatic rings. The Kier molecular flexibility index (Phi) is 2.90. The van der Waals surface area contributed by atoms with E-state index in [1.807, 2.05) is 6.92 Å². The molecule has 2 aliphatic carbocycles. The van der Waals surface area contributed by atoms with Gasteiger partial charge in [0.05, 0.1) is 0 Å². The fourth-order valence-corrected chi connectivity index (χ4v) is 2.72. The van der Waals surface area contributed by atoms with Crippen LogP contribution in [-0.2, 0) is 0 Å². The summed E-state index contributed by atoms with van der Waals surface area (Å²) in [6, 6.07) is 0.862. The van der Waals surface area contributed by atoms with Crippen LogP contribution in [0.2, 0.25) is 0 Å². The Bertz CT molecular complexity index is 211. The second kappa shape index (κ2) is 4.15. The van der Waals surface area contributed by atoms with E-state index in [9.17, 15) is 0 Å². The lowest BCUT2D eigenvalue weighted by Crippen LogP contribution is -2.20. The average Bonchev–Trinajstić information content (AvgIpc) is 2.87. The molecule has 2 rings (SSSR count). The largest absolute Gasteiger partial charge is 0.312 e. The summed E-state index contributed by atoms with van der Waals surface area (Å²) in [5.74, 6) is 8.10. The van der Waals surface area contributed by atoms with Gasteiger partial charge in [-0.1, -0.05) is 12.8 Å². The van der Waals surface area contributed by atoms with Gasteiger partial charge in [0.15, 0.2) is 0 Å². The quantitative estimate of drug-likeness (QED) is 0.514. The van der Waals surface area contributed by atoms with Crippen LogP contribution in [0.3, 0.4) is 0 Å². The summed E-state index contributed by atoms with van der Waals surface area (Å²) in [6.07, 6.45) is 6.90. The highest BCUT2D eigenvalue weighted by Crippen LogP contribution is 2.49.